The molecule has 4 atom stereocenters. The van der Waals surface area contributed by atoms with E-state index in [0.29, 0.717) is 0 Å². The van der Waals surface area contributed by atoms with Gasteiger partial charge in [0.1, 0.15) is 5.76 Å². The van der Waals surface area contributed by atoms with E-state index in [9.17, 15) is 9.90 Å². The van der Waals surface area contributed by atoms with Gasteiger partial charge in [0.05, 0.1) is 17.9 Å². The Morgan fingerprint density at radius 2 is 2.21 bits per heavy atom. The monoisotopic (exact) mass is 384 g/mol. The first-order valence-corrected chi connectivity index (χ1v) is 10.5. The minimum absolute atomic E-state index is 0.000706. The normalized spacial score (nSPS) is 32.6. The molecule has 2 fully saturated rings. The Labute approximate surface area is 167 Å². The van der Waals surface area contributed by atoms with Crippen LogP contribution < -0.4 is 0 Å². The summed E-state index contributed by atoms with van der Waals surface area (Å²) in [6, 6.07) is 2.15. The molecule has 0 aromatic carbocycles. The smallest absolute Gasteiger partial charge is 0.246 e. The highest BCUT2D eigenvalue weighted by Crippen LogP contribution is 2.44. The van der Waals surface area contributed by atoms with Crippen molar-refractivity contribution in [3.63, 3.8) is 0 Å². The summed E-state index contributed by atoms with van der Waals surface area (Å²) in [5.74, 6) is 1.72. The zero-order valence-corrected chi connectivity index (χ0v) is 17.2. The van der Waals surface area contributed by atoms with Crippen LogP contribution in [0.4, 0.5) is 0 Å². The zero-order chi connectivity index (χ0) is 19.9. The Balaban J connectivity index is 1.40. The largest absolute Gasteiger partial charge is 0.469 e. The van der Waals surface area contributed by atoms with Crippen molar-refractivity contribution in [3.05, 3.63) is 42.0 Å². The highest BCUT2D eigenvalue weighted by molar-refractivity contribution is 5.91. The molecule has 4 rings (SSSR count). The molecule has 2 heterocycles. The highest BCUT2D eigenvalue weighted by Gasteiger charge is 2.49. The summed E-state index contributed by atoms with van der Waals surface area (Å²) in [6.45, 7) is 5.11. The maximum absolute atomic E-state index is 12.7. The Bertz CT molecular complexity index is 779. The molecular formula is C23H32N2O3. The highest BCUT2D eigenvalue weighted by atomic mass is 16.3. The van der Waals surface area contributed by atoms with Crippen LogP contribution in [-0.2, 0) is 4.79 Å². The molecule has 3 unspecified atom stereocenters. The van der Waals surface area contributed by atoms with Crippen molar-refractivity contribution >= 4 is 12.0 Å². The third kappa shape index (κ3) is 3.64. The van der Waals surface area contributed by atoms with E-state index in [2.05, 4.69) is 24.1 Å². The van der Waals surface area contributed by atoms with Crippen LogP contribution in [0.1, 0.15) is 50.4 Å². The average Bonchev–Trinajstić information content (AvgIpc) is 3.41. The Kier molecular flexibility index (Phi) is 5.13. The summed E-state index contributed by atoms with van der Waals surface area (Å²) in [7, 11) is 1.87. The van der Waals surface area contributed by atoms with Gasteiger partial charge in [-0.3, -0.25) is 4.79 Å². The topological polar surface area (TPSA) is 56.9 Å². The van der Waals surface area contributed by atoms with E-state index < -0.39 is 5.60 Å². The lowest BCUT2D eigenvalue weighted by Crippen LogP contribution is -2.60. The van der Waals surface area contributed by atoms with Gasteiger partial charge in [-0.2, -0.15) is 0 Å². The molecule has 5 nitrogen and oxygen atoms in total. The van der Waals surface area contributed by atoms with Gasteiger partial charge in [-0.15, -0.1) is 0 Å². The number of rotatable bonds is 5. The summed E-state index contributed by atoms with van der Waals surface area (Å²) in [4.78, 5) is 16.8. The minimum atomic E-state index is -0.687. The van der Waals surface area contributed by atoms with Gasteiger partial charge in [0.2, 0.25) is 5.91 Å². The van der Waals surface area contributed by atoms with Gasteiger partial charge in [0, 0.05) is 37.2 Å². The van der Waals surface area contributed by atoms with E-state index in [4.69, 9.17) is 4.42 Å². The molecule has 2 saturated carbocycles. The number of fused-ring (bicyclic) bond motifs is 1. The van der Waals surface area contributed by atoms with Crippen molar-refractivity contribution in [2.45, 2.75) is 63.6 Å². The third-order valence-corrected chi connectivity index (χ3v) is 7.14. The van der Waals surface area contributed by atoms with Crippen LogP contribution in [0.5, 0.6) is 0 Å². The second-order valence-corrected chi connectivity index (χ2v) is 8.90. The summed E-state index contributed by atoms with van der Waals surface area (Å²) < 4.78 is 5.27. The number of hydrogen-bond donors (Lipinski definition) is 1. The minimum Gasteiger partial charge on any atom is -0.469 e. The number of furan rings is 1. The number of aliphatic hydroxyl groups is 1. The number of amides is 1. The molecule has 0 saturated heterocycles. The van der Waals surface area contributed by atoms with Gasteiger partial charge in [-0.25, -0.2) is 0 Å². The molecule has 28 heavy (non-hydrogen) atoms. The number of hydrogen-bond acceptors (Lipinski definition) is 4. The summed E-state index contributed by atoms with van der Waals surface area (Å²) in [5.41, 5.74) is 0.243. The summed E-state index contributed by atoms with van der Waals surface area (Å²) in [6.07, 6.45) is 14.5. The first kappa shape index (κ1) is 19.3. The van der Waals surface area contributed by atoms with Crippen molar-refractivity contribution in [2.75, 3.05) is 13.6 Å². The van der Waals surface area contributed by atoms with E-state index in [-0.39, 0.29) is 23.9 Å². The van der Waals surface area contributed by atoms with E-state index in [1.54, 1.807) is 12.3 Å². The van der Waals surface area contributed by atoms with Gasteiger partial charge in [-0.05, 0) is 70.2 Å². The lowest BCUT2D eigenvalue weighted by Gasteiger charge is -2.52. The predicted molar refractivity (Wildman–Crippen MR) is 109 cm³/mol. The van der Waals surface area contributed by atoms with Crippen molar-refractivity contribution in [2.24, 2.45) is 11.8 Å². The second kappa shape index (κ2) is 7.43. The second-order valence-electron chi connectivity index (χ2n) is 8.90. The van der Waals surface area contributed by atoms with Gasteiger partial charge < -0.3 is 19.3 Å². The number of aryl methyl sites for hydroxylation is 1. The van der Waals surface area contributed by atoms with Gasteiger partial charge in [0.25, 0.3) is 0 Å². The zero-order valence-electron chi connectivity index (χ0n) is 17.2. The van der Waals surface area contributed by atoms with E-state index in [1.165, 1.54) is 12.8 Å². The van der Waals surface area contributed by atoms with E-state index >= 15 is 0 Å². The molecule has 5 heteroatoms. The SMILES string of the molecule is Cc1occc1/C=C/C(=O)N(C)C1CCC2(O)C(C=CN(CC3CC3)[C@@H]2C)C1. The number of carbonyl (C=O) groups excluding carboxylic acids is 1. The Hall–Kier alpha value is -2.01. The van der Waals surface area contributed by atoms with E-state index in [0.717, 1.165) is 43.0 Å². The molecule has 0 bridgehead atoms. The average molecular weight is 385 g/mol. The molecule has 0 spiro atoms. The molecule has 0 radical (unpaired) electrons. The molecule has 1 aliphatic heterocycles. The van der Waals surface area contributed by atoms with Crippen LogP contribution in [0.3, 0.4) is 0 Å². The first-order valence-electron chi connectivity index (χ1n) is 10.5. The van der Waals surface area contributed by atoms with Gasteiger partial charge in [0.15, 0.2) is 0 Å². The number of nitrogens with zero attached hydrogens (tertiary/aromatic N) is 2. The molecule has 1 aromatic rings. The van der Waals surface area contributed by atoms with Crippen LogP contribution in [0.2, 0.25) is 0 Å². The van der Waals surface area contributed by atoms with Crippen LogP contribution >= 0.6 is 0 Å². The lowest BCUT2D eigenvalue weighted by molar-refractivity contribution is -0.133. The quantitative estimate of drug-likeness (QED) is 0.789. The van der Waals surface area contributed by atoms with Crippen LogP contribution in [0, 0.1) is 18.8 Å². The van der Waals surface area contributed by atoms with E-state index in [1.807, 2.05) is 31.0 Å². The van der Waals surface area contributed by atoms with Gasteiger partial charge in [-0.1, -0.05) is 6.08 Å². The van der Waals surface area contributed by atoms with Crippen molar-refractivity contribution in [1.82, 2.24) is 9.80 Å². The Morgan fingerprint density at radius 1 is 1.43 bits per heavy atom. The molecule has 2 aliphatic carbocycles. The fraction of sp³-hybridized carbons (Fsp3) is 0.609. The number of likely N-dealkylation sites (N-methyl/N-ethyl adjacent to an activating group) is 1. The standard InChI is InChI=1S/C23H32N2O3/c1-16-19(10-13-28-16)6-7-22(26)24(3)21-8-11-23(27)17(2)25(15-18-4-5-18)12-9-20(23)14-21/h6-7,9-10,12-13,17-18,20-21,27H,4-5,8,11,14-15H2,1-3H3/b7-6+/t17-,20?,21?,23?/m1/s1. The third-order valence-electron chi connectivity index (χ3n) is 7.14. The predicted octanol–water partition coefficient (Wildman–Crippen LogP) is 3.59. The summed E-state index contributed by atoms with van der Waals surface area (Å²) in [5, 5.41) is 11.4. The maximum atomic E-state index is 12.7. The molecule has 3 aliphatic rings. The number of carbonyl (C=O) groups is 1. The van der Waals surface area contributed by atoms with Crippen molar-refractivity contribution < 1.29 is 14.3 Å². The lowest BCUT2D eigenvalue weighted by atomic mass is 9.68. The van der Waals surface area contributed by atoms with Crippen molar-refractivity contribution in [3.8, 4) is 0 Å². The first-order chi connectivity index (χ1) is 13.4. The van der Waals surface area contributed by atoms with Crippen LogP contribution in [-0.4, -0.2) is 52.1 Å². The summed E-state index contributed by atoms with van der Waals surface area (Å²) >= 11 is 0. The van der Waals surface area contributed by atoms with Crippen LogP contribution in [0.15, 0.2) is 35.1 Å². The molecule has 1 aromatic heterocycles. The van der Waals surface area contributed by atoms with Crippen molar-refractivity contribution in [1.29, 1.82) is 0 Å². The maximum Gasteiger partial charge on any atom is 0.246 e. The van der Waals surface area contributed by atoms with Crippen LogP contribution in [0.25, 0.3) is 6.08 Å². The molecular weight excluding hydrogens is 352 g/mol. The molecule has 152 valence electrons. The Morgan fingerprint density at radius 3 is 2.89 bits per heavy atom. The fourth-order valence-electron chi connectivity index (χ4n) is 4.79. The molecule has 1 amide bonds. The fourth-order valence-corrected chi connectivity index (χ4v) is 4.79. The molecule has 1 N–H and O–H groups in total. The van der Waals surface area contributed by atoms with Gasteiger partial charge >= 0.3 is 0 Å².